The van der Waals surface area contributed by atoms with Gasteiger partial charge in [0.2, 0.25) is 0 Å². The highest BCUT2D eigenvalue weighted by atomic mass is 16.6. The monoisotopic (exact) mass is 254 g/mol. The van der Waals surface area contributed by atoms with E-state index in [1.807, 2.05) is 34.6 Å². The third kappa shape index (κ3) is 5.47. The lowest BCUT2D eigenvalue weighted by atomic mass is 10.1. The number of aldehydes is 1. The van der Waals surface area contributed by atoms with Crippen LogP contribution in [-0.2, 0) is 16.1 Å². The van der Waals surface area contributed by atoms with Crippen molar-refractivity contribution in [2.75, 3.05) is 6.61 Å². The maximum absolute atomic E-state index is 10.5. The normalized spacial score (nSPS) is 12.7. The Balaban J connectivity index is 2.43. The van der Waals surface area contributed by atoms with E-state index in [1.54, 1.807) is 12.1 Å². The van der Waals surface area contributed by atoms with Gasteiger partial charge in [-0.15, -0.1) is 0 Å². The lowest BCUT2D eigenvalue weighted by molar-refractivity contribution is -0.122. The molecule has 0 aromatic carbocycles. The van der Waals surface area contributed by atoms with E-state index in [1.165, 1.54) is 0 Å². The number of hydrogen-bond acceptors (Lipinski definition) is 4. The Kier molecular flexibility index (Phi) is 4.71. The first-order chi connectivity index (χ1) is 8.22. The summed E-state index contributed by atoms with van der Waals surface area (Å²) < 4.78 is 16.7. The first-order valence-electron chi connectivity index (χ1n) is 6.04. The van der Waals surface area contributed by atoms with Crippen LogP contribution in [0.3, 0.4) is 0 Å². The molecular formula is C14H22O4. The fourth-order valence-electron chi connectivity index (χ4n) is 1.23. The number of furan rings is 1. The topological polar surface area (TPSA) is 48.7 Å². The molecule has 1 rings (SSSR count). The van der Waals surface area contributed by atoms with Gasteiger partial charge in [-0.3, -0.25) is 4.79 Å². The maximum atomic E-state index is 10.5. The Labute approximate surface area is 108 Å². The second-order valence-electron chi connectivity index (χ2n) is 5.87. The SMILES string of the molecule is CC(C)(C)OCC(C)(C)OCc1ccc(C=O)o1. The van der Waals surface area contributed by atoms with Crippen molar-refractivity contribution in [2.45, 2.75) is 52.4 Å². The molecule has 0 amide bonds. The second kappa shape index (κ2) is 5.67. The molecule has 102 valence electrons. The summed E-state index contributed by atoms with van der Waals surface area (Å²) in [6, 6.07) is 3.37. The van der Waals surface area contributed by atoms with Crippen molar-refractivity contribution in [2.24, 2.45) is 0 Å². The summed E-state index contributed by atoms with van der Waals surface area (Å²) in [4.78, 5) is 10.5. The van der Waals surface area contributed by atoms with Crippen LogP contribution in [0, 0.1) is 0 Å². The molecule has 1 aromatic rings. The van der Waals surface area contributed by atoms with E-state index in [0.29, 0.717) is 31.0 Å². The molecule has 4 nitrogen and oxygen atoms in total. The molecule has 0 aliphatic heterocycles. The van der Waals surface area contributed by atoms with E-state index in [9.17, 15) is 4.79 Å². The molecule has 4 heteroatoms. The average molecular weight is 254 g/mol. The van der Waals surface area contributed by atoms with Crippen LogP contribution in [0.4, 0.5) is 0 Å². The summed E-state index contributed by atoms with van der Waals surface area (Å²) in [6.45, 7) is 10.8. The van der Waals surface area contributed by atoms with E-state index in [0.717, 1.165) is 0 Å². The minimum absolute atomic E-state index is 0.185. The Morgan fingerprint density at radius 1 is 1.17 bits per heavy atom. The highest BCUT2D eigenvalue weighted by molar-refractivity contribution is 5.70. The first kappa shape index (κ1) is 14.9. The molecular weight excluding hydrogens is 232 g/mol. The number of rotatable bonds is 6. The lowest BCUT2D eigenvalue weighted by Crippen LogP contribution is -2.35. The Hall–Kier alpha value is -1.13. The second-order valence-corrected chi connectivity index (χ2v) is 5.87. The van der Waals surface area contributed by atoms with E-state index in [4.69, 9.17) is 13.9 Å². The van der Waals surface area contributed by atoms with Gasteiger partial charge < -0.3 is 13.9 Å². The largest absolute Gasteiger partial charge is 0.456 e. The fraction of sp³-hybridized carbons (Fsp3) is 0.643. The van der Waals surface area contributed by atoms with E-state index in [2.05, 4.69) is 0 Å². The quantitative estimate of drug-likeness (QED) is 0.731. The molecule has 0 radical (unpaired) electrons. The minimum atomic E-state index is -0.401. The van der Waals surface area contributed by atoms with Gasteiger partial charge in [0.1, 0.15) is 12.4 Å². The highest BCUT2D eigenvalue weighted by Crippen LogP contribution is 2.18. The molecule has 0 N–H and O–H groups in total. The van der Waals surface area contributed by atoms with Crippen LogP contribution in [0.25, 0.3) is 0 Å². The summed E-state index contributed by atoms with van der Waals surface area (Å²) >= 11 is 0. The molecule has 1 heterocycles. The summed E-state index contributed by atoms with van der Waals surface area (Å²) in [5.41, 5.74) is -0.586. The van der Waals surface area contributed by atoms with Crippen LogP contribution in [0.2, 0.25) is 0 Å². The Morgan fingerprint density at radius 3 is 2.33 bits per heavy atom. The van der Waals surface area contributed by atoms with Crippen molar-refractivity contribution in [3.8, 4) is 0 Å². The highest BCUT2D eigenvalue weighted by Gasteiger charge is 2.23. The van der Waals surface area contributed by atoms with E-state index >= 15 is 0 Å². The van der Waals surface area contributed by atoms with Crippen molar-refractivity contribution in [3.05, 3.63) is 23.7 Å². The fourth-order valence-corrected chi connectivity index (χ4v) is 1.23. The lowest BCUT2D eigenvalue weighted by Gasteiger charge is -2.29. The van der Waals surface area contributed by atoms with Gasteiger partial charge in [0.15, 0.2) is 12.0 Å². The van der Waals surface area contributed by atoms with Crippen molar-refractivity contribution in [1.29, 1.82) is 0 Å². The maximum Gasteiger partial charge on any atom is 0.185 e. The molecule has 18 heavy (non-hydrogen) atoms. The zero-order valence-electron chi connectivity index (χ0n) is 11.8. The van der Waals surface area contributed by atoms with Crippen molar-refractivity contribution in [1.82, 2.24) is 0 Å². The Bertz CT molecular complexity index is 385. The van der Waals surface area contributed by atoms with Gasteiger partial charge in [0.25, 0.3) is 0 Å². The summed E-state index contributed by atoms with van der Waals surface area (Å²) in [5, 5.41) is 0. The number of carbonyl (C=O) groups excluding carboxylic acids is 1. The summed E-state index contributed by atoms with van der Waals surface area (Å²) in [5.74, 6) is 0.957. The minimum Gasteiger partial charge on any atom is -0.456 e. The Morgan fingerprint density at radius 2 is 1.83 bits per heavy atom. The van der Waals surface area contributed by atoms with Crippen LogP contribution >= 0.6 is 0 Å². The summed E-state index contributed by atoms with van der Waals surface area (Å²) in [6.07, 6.45) is 0.678. The molecule has 0 saturated heterocycles. The van der Waals surface area contributed by atoms with Gasteiger partial charge in [-0.25, -0.2) is 0 Å². The molecule has 0 fully saturated rings. The number of carbonyl (C=O) groups is 1. The van der Waals surface area contributed by atoms with E-state index < -0.39 is 5.60 Å². The predicted molar refractivity (Wildman–Crippen MR) is 68.7 cm³/mol. The molecule has 0 spiro atoms. The molecule has 0 aliphatic rings. The first-order valence-corrected chi connectivity index (χ1v) is 6.04. The zero-order chi connectivity index (χ0) is 13.8. The van der Waals surface area contributed by atoms with Crippen molar-refractivity contribution < 1.29 is 18.7 Å². The smallest absolute Gasteiger partial charge is 0.185 e. The third-order valence-electron chi connectivity index (χ3n) is 2.26. The molecule has 0 atom stereocenters. The summed E-state index contributed by atoms with van der Waals surface area (Å²) in [7, 11) is 0. The average Bonchev–Trinajstić information content (AvgIpc) is 2.71. The van der Waals surface area contributed by atoms with Gasteiger partial charge in [-0.05, 0) is 46.8 Å². The van der Waals surface area contributed by atoms with Crippen LogP contribution < -0.4 is 0 Å². The van der Waals surface area contributed by atoms with Crippen LogP contribution in [0.1, 0.15) is 50.9 Å². The van der Waals surface area contributed by atoms with Crippen LogP contribution in [0.5, 0.6) is 0 Å². The molecule has 0 saturated carbocycles. The van der Waals surface area contributed by atoms with Gasteiger partial charge in [0, 0.05) is 0 Å². The molecule has 1 aromatic heterocycles. The standard InChI is InChI=1S/C14H22O4/c1-13(2,3)17-10-14(4,5)16-9-12-7-6-11(8-15)18-12/h6-8H,9-10H2,1-5H3. The van der Waals surface area contributed by atoms with Crippen LogP contribution in [0.15, 0.2) is 16.5 Å². The van der Waals surface area contributed by atoms with Gasteiger partial charge in [-0.2, -0.15) is 0 Å². The number of hydrogen-bond donors (Lipinski definition) is 0. The number of ether oxygens (including phenoxy) is 2. The van der Waals surface area contributed by atoms with Gasteiger partial charge >= 0.3 is 0 Å². The molecule has 0 aliphatic carbocycles. The van der Waals surface area contributed by atoms with Crippen LogP contribution in [-0.4, -0.2) is 24.1 Å². The van der Waals surface area contributed by atoms with E-state index in [-0.39, 0.29) is 5.60 Å². The van der Waals surface area contributed by atoms with Crippen molar-refractivity contribution in [3.63, 3.8) is 0 Å². The van der Waals surface area contributed by atoms with Crippen molar-refractivity contribution >= 4 is 6.29 Å². The molecule has 0 bridgehead atoms. The zero-order valence-corrected chi connectivity index (χ0v) is 11.8. The third-order valence-corrected chi connectivity index (χ3v) is 2.26. The van der Waals surface area contributed by atoms with Gasteiger partial charge in [0.05, 0.1) is 17.8 Å². The predicted octanol–water partition coefficient (Wildman–Crippen LogP) is 3.20. The van der Waals surface area contributed by atoms with Gasteiger partial charge in [-0.1, -0.05) is 0 Å². The molecule has 0 unspecified atom stereocenters.